The number of nitrogens with two attached hydrogens (primary N) is 1. The smallest absolute Gasteiger partial charge is 0.407 e. The highest BCUT2D eigenvalue weighted by molar-refractivity contribution is 5.98. The van der Waals surface area contributed by atoms with Crippen LogP contribution in [0.5, 0.6) is 0 Å². The molecule has 7 amide bonds. The highest BCUT2D eigenvalue weighted by atomic mass is 16.5. The summed E-state index contributed by atoms with van der Waals surface area (Å²) in [6.45, 7) is 18.9. The molecule has 0 saturated heterocycles. The first-order valence-electron chi connectivity index (χ1n) is 29.6. The van der Waals surface area contributed by atoms with E-state index >= 15 is 0 Å². The number of rotatable bonds is 29. The number of carbonyl (C=O) groups excluding carboxylic acids is 8. The molecule has 4 aromatic carbocycles. The van der Waals surface area contributed by atoms with Crippen LogP contribution in [-0.4, -0.2) is 108 Å². The fourth-order valence-corrected chi connectivity index (χ4v) is 10.5. The molecule has 4 aromatic rings. The van der Waals surface area contributed by atoms with Gasteiger partial charge in [0, 0.05) is 73.9 Å². The van der Waals surface area contributed by atoms with E-state index in [0.717, 1.165) is 22.3 Å². The number of carboxylic acid groups (broad SMARTS) is 1. The quantitative estimate of drug-likeness (QED) is 0.0155. The molecule has 0 aliphatic carbocycles. The molecule has 1 heterocycles. The lowest BCUT2D eigenvalue weighted by atomic mass is 9.76. The molecule has 19 nitrogen and oxygen atoms in total. The van der Waals surface area contributed by atoms with Gasteiger partial charge < -0.3 is 52.0 Å². The normalized spacial score (nSPS) is 14.0. The standard InChI is InChI=1S/C68H88N8O11/c1-42(2)53(38-52(77)33-34-58(79)76-40-50-20-14-13-18-48(50)29-30-49-19-15-16-22-55(49)76)61(80)73-54(21-17-35-71-65(69)85)57(78)37-45-23-25-47(26-24-45)41-87-66(86)72-39-46-27-31-51(32-28-46)68(9,10)59(70-11)62(81)74-60(67(6,7)8)63(82)75(12)56(43(3)4)36-44(5)64(83)84/h13-16,18-20,22-28,31-32,36,42-43,53-54,56,59-60,70H,17,21,33-35,37-41H2,1-12H3,(H,72,86)(H,73,80)(H,74,81)(H,83,84)(H3,69,71,85)/b44-36+/t53-,54-,56+,59+,60+/m0/s1. The van der Waals surface area contributed by atoms with Crippen LogP contribution in [0.3, 0.4) is 0 Å². The lowest BCUT2D eigenvalue weighted by Crippen LogP contribution is -2.61. The highest BCUT2D eigenvalue weighted by Crippen LogP contribution is 2.31. The molecule has 0 bridgehead atoms. The Morgan fingerprint density at radius 2 is 1.36 bits per heavy atom. The third-order valence-corrected chi connectivity index (χ3v) is 15.9. The van der Waals surface area contributed by atoms with Gasteiger partial charge in [0.1, 0.15) is 18.4 Å². The predicted octanol–water partition coefficient (Wildman–Crippen LogP) is 8.03. The fraction of sp³-hybridized carbons (Fsp3) is 0.456. The average molecular weight is 1190 g/mol. The van der Waals surface area contributed by atoms with Gasteiger partial charge in [0.15, 0.2) is 5.78 Å². The van der Waals surface area contributed by atoms with Crippen molar-refractivity contribution in [2.75, 3.05) is 25.5 Å². The number of nitrogens with one attached hydrogen (secondary N) is 5. The number of hydrogen-bond acceptors (Lipinski definition) is 11. The van der Waals surface area contributed by atoms with Crippen LogP contribution >= 0.6 is 0 Å². The van der Waals surface area contributed by atoms with Crippen molar-refractivity contribution in [3.05, 3.63) is 148 Å². The Bertz CT molecular complexity index is 3210. The van der Waals surface area contributed by atoms with Gasteiger partial charge in [-0.05, 0) is 90.1 Å². The van der Waals surface area contributed by atoms with Crippen LogP contribution in [0, 0.1) is 35.0 Å². The summed E-state index contributed by atoms with van der Waals surface area (Å²) in [4.78, 5) is 123. The van der Waals surface area contributed by atoms with Gasteiger partial charge in [-0.25, -0.2) is 14.4 Å². The van der Waals surface area contributed by atoms with Crippen molar-refractivity contribution in [3.8, 4) is 11.8 Å². The summed E-state index contributed by atoms with van der Waals surface area (Å²) < 4.78 is 5.51. The topological polar surface area (TPSA) is 276 Å². The number of amides is 7. The number of fused-ring (bicyclic) bond motifs is 2. The van der Waals surface area contributed by atoms with Crippen LogP contribution in [0.2, 0.25) is 0 Å². The van der Waals surface area contributed by atoms with Crippen LogP contribution in [-0.2, 0) is 69.8 Å². The number of para-hydroxylation sites is 1. The molecule has 87 heavy (non-hydrogen) atoms. The summed E-state index contributed by atoms with van der Waals surface area (Å²) in [6, 6.07) is 25.5. The average Bonchev–Trinajstić information content (AvgIpc) is 2.26. The Hall–Kier alpha value is -8.63. The zero-order valence-corrected chi connectivity index (χ0v) is 52.4. The van der Waals surface area contributed by atoms with E-state index in [4.69, 9.17) is 10.5 Å². The zero-order valence-electron chi connectivity index (χ0n) is 52.4. The number of nitrogens with zero attached hydrogens (tertiary/aromatic N) is 2. The number of hydrogen-bond donors (Lipinski definition) is 7. The van der Waals surface area contributed by atoms with E-state index < -0.39 is 70.8 Å². The molecule has 466 valence electrons. The monoisotopic (exact) mass is 1190 g/mol. The van der Waals surface area contributed by atoms with Gasteiger partial charge >= 0.3 is 18.1 Å². The highest BCUT2D eigenvalue weighted by Gasteiger charge is 2.42. The maximum absolute atomic E-state index is 14.1. The van der Waals surface area contributed by atoms with E-state index in [-0.39, 0.29) is 99.1 Å². The van der Waals surface area contributed by atoms with Crippen molar-refractivity contribution < 1.29 is 53.0 Å². The number of alkyl carbamates (subject to hydrolysis) is 1. The van der Waals surface area contributed by atoms with E-state index in [1.165, 1.54) is 11.8 Å². The Balaban J connectivity index is 1.14. The molecular formula is C68H88N8O11. The number of ether oxygens (including phenoxy) is 1. The van der Waals surface area contributed by atoms with Crippen molar-refractivity contribution in [3.63, 3.8) is 0 Å². The molecule has 0 fully saturated rings. The van der Waals surface area contributed by atoms with Crippen LogP contribution < -0.4 is 37.2 Å². The number of ketones is 2. The molecule has 0 unspecified atom stereocenters. The largest absolute Gasteiger partial charge is 0.478 e. The Morgan fingerprint density at radius 3 is 1.97 bits per heavy atom. The first kappa shape index (κ1) is 69.1. The minimum Gasteiger partial charge on any atom is -0.478 e. The SMILES string of the molecule is CN[C@H](C(=O)N[C@H](C(=O)N(C)[C@H](/C=C(\C)C(=O)O)C(C)C)C(C)(C)C)C(C)(C)c1ccc(CNC(=O)OCc2ccc(CC(=O)[C@H](CCCNC(N)=O)NC(=O)[C@@H](CC(=O)CCC(=O)N3Cc4ccccc4C#Cc4ccccc43)C(C)C)cc2)cc1. The van der Waals surface area contributed by atoms with Gasteiger partial charge in [-0.15, -0.1) is 0 Å². The number of anilines is 1. The number of primary amides is 1. The summed E-state index contributed by atoms with van der Waals surface area (Å²) in [5, 5.41) is 23.9. The third-order valence-electron chi connectivity index (χ3n) is 15.9. The third kappa shape index (κ3) is 20.0. The van der Waals surface area contributed by atoms with Gasteiger partial charge in [-0.3, -0.25) is 28.8 Å². The van der Waals surface area contributed by atoms with E-state index in [0.29, 0.717) is 28.8 Å². The van der Waals surface area contributed by atoms with Crippen molar-refractivity contribution >= 4 is 59.0 Å². The van der Waals surface area contributed by atoms with Gasteiger partial charge in [0.2, 0.25) is 23.6 Å². The predicted molar refractivity (Wildman–Crippen MR) is 335 cm³/mol. The van der Waals surface area contributed by atoms with Crippen molar-refractivity contribution in [2.45, 2.75) is 157 Å². The molecule has 8 N–H and O–H groups in total. The molecule has 0 spiro atoms. The Morgan fingerprint density at radius 1 is 0.747 bits per heavy atom. The maximum Gasteiger partial charge on any atom is 0.407 e. The molecule has 0 saturated carbocycles. The van der Waals surface area contributed by atoms with E-state index in [2.05, 4.69) is 38.4 Å². The van der Waals surface area contributed by atoms with Gasteiger partial charge in [0.05, 0.1) is 30.4 Å². The van der Waals surface area contributed by atoms with E-state index in [1.807, 2.05) is 135 Å². The number of Topliss-reactive ketones (excluding diaryl/α,β-unsaturated/α-hetero) is 2. The fourth-order valence-electron chi connectivity index (χ4n) is 10.5. The van der Waals surface area contributed by atoms with Gasteiger partial charge in [-0.1, -0.05) is 159 Å². The molecule has 1 aliphatic rings. The molecule has 5 atom stereocenters. The molecule has 1 aliphatic heterocycles. The molecule has 0 radical (unpaired) electrons. The minimum absolute atomic E-state index is 0.0517. The van der Waals surface area contributed by atoms with Gasteiger partial charge in [0.25, 0.3) is 0 Å². The number of aliphatic carboxylic acids is 1. The number of carbonyl (C=O) groups is 9. The first-order valence-corrected chi connectivity index (χ1v) is 29.6. The summed E-state index contributed by atoms with van der Waals surface area (Å²) in [5.74, 6) is 2.10. The number of carboxylic acids is 1. The second-order valence-electron chi connectivity index (χ2n) is 24.7. The number of likely N-dealkylation sites (N-methyl/N-ethyl adjacent to an activating group) is 2. The van der Waals surface area contributed by atoms with Crippen molar-refractivity contribution in [2.24, 2.45) is 28.9 Å². The second kappa shape index (κ2) is 31.7. The minimum atomic E-state index is -1.08. The lowest BCUT2D eigenvalue weighted by molar-refractivity contribution is -0.141. The van der Waals surface area contributed by atoms with E-state index in [9.17, 15) is 48.3 Å². The molecule has 0 aromatic heterocycles. The van der Waals surface area contributed by atoms with Crippen LogP contribution in [0.1, 0.15) is 140 Å². The summed E-state index contributed by atoms with van der Waals surface area (Å²) >= 11 is 0. The van der Waals surface area contributed by atoms with Crippen LogP contribution in [0.4, 0.5) is 15.3 Å². The number of urea groups is 1. The second-order valence-corrected chi connectivity index (χ2v) is 24.7. The zero-order chi connectivity index (χ0) is 64.3. The molecule has 5 rings (SSSR count). The van der Waals surface area contributed by atoms with E-state index in [1.54, 1.807) is 49.3 Å². The Labute approximate surface area is 512 Å². The summed E-state index contributed by atoms with van der Waals surface area (Å²) in [7, 11) is 3.29. The molecular weight excluding hydrogens is 1100 g/mol. The maximum atomic E-state index is 14.1. The first-order chi connectivity index (χ1) is 41.0. The van der Waals surface area contributed by atoms with Crippen LogP contribution in [0.15, 0.2) is 109 Å². The number of benzene rings is 4. The Kier molecular flexibility index (Phi) is 25.2. The van der Waals surface area contributed by atoms with Crippen molar-refractivity contribution in [1.82, 2.24) is 31.5 Å². The van der Waals surface area contributed by atoms with Crippen molar-refractivity contribution in [1.29, 1.82) is 0 Å². The summed E-state index contributed by atoms with van der Waals surface area (Å²) in [5.41, 5.74) is 9.85. The molecule has 19 heteroatoms. The van der Waals surface area contributed by atoms with Crippen LogP contribution in [0.25, 0.3) is 0 Å². The lowest BCUT2D eigenvalue weighted by Gasteiger charge is -2.40. The van der Waals surface area contributed by atoms with Gasteiger partial charge in [-0.2, -0.15) is 0 Å². The summed E-state index contributed by atoms with van der Waals surface area (Å²) in [6.07, 6.45) is 1.05.